The van der Waals surface area contributed by atoms with Crippen LogP contribution in [0.25, 0.3) is 4.96 Å². The lowest BCUT2D eigenvalue weighted by atomic mass is 10.2. The zero-order chi connectivity index (χ0) is 16.9. The van der Waals surface area contributed by atoms with Crippen molar-refractivity contribution in [3.05, 3.63) is 53.3 Å². The van der Waals surface area contributed by atoms with Crippen molar-refractivity contribution in [2.45, 2.75) is 13.1 Å². The maximum absolute atomic E-state index is 5.28. The standard InChI is InChI=1S/C17H21N5OS/c1-18-16(19-10-14-12-22-7-8-24-17(22)20-14)21(2)11-13-5-4-6-15(9-13)23-3/h4-9,12H,10-11H2,1-3H3,(H,18,19). The third-order valence-corrected chi connectivity index (χ3v) is 4.47. The van der Waals surface area contributed by atoms with E-state index in [0.29, 0.717) is 6.54 Å². The van der Waals surface area contributed by atoms with Crippen LogP contribution in [0.5, 0.6) is 5.75 Å². The Morgan fingerprint density at radius 3 is 3.08 bits per heavy atom. The summed E-state index contributed by atoms with van der Waals surface area (Å²) >= 11 is 1.63. The van der Waals surface area contributed by atoms with Crippen LogP contribution in [0.2, 0.25) is 0 Å². The van der Waals surface area contributed by atoms with Crippen molar-refractivity contribution in [2.75, 3.05) is 21.2 Å². The van der Waals surface area contributed by atoms with E-state index in [-0.39, 0.29) is 0 Å². The van der Waals surface area contributed by atoms with E-state index >= 15 is 0 Å². The second-order valence-corrected chi connectivity index (χ2v) is 6.31. The van der Waals surface area contributed by atoms with Crippen molar-refractivity contribution in [3.63, 3.8) is 0 Å². The highest BCUT2D eigenvalue weighted by Crippen LogP contribution is 2.14. The van der Waals surface area contributed by atoms with E-state index in [9.17, 15) is 0 Å². The number of hydrogen-bond donors (Lipinski definition) is 1. The van der Waals surface area contributed by atoms with Gasteiger partial charge in [-0.3, -0.25) is 9.39 Å². The van der Waals surface area contributed by atoms with E-state index in [4.69, 9.17) is 4.74 Å². The van der Waals surface area contributed by atoms with E-state index < -0.39 is 0 Å². The van der Waals surface area contributed by atoms with Gasteiger partial charge in [0, 0.05) is 38.4 Å². The quantitative estimate of drug-likeness (QED) is 0.571. The molecule has 24 heavy (non-hydrogen) atoms. The van der Waals surface area contributed by atoms with Gasteiger partial charge >= 0.3 is 0 Å². The number of aliphatic imine (C=N–C) groups is 1. The number of thiazole rings is 1. The predicted octanol–water partition coefficient (Wildman–Crippen LogP) is 2.61. The lowest BCUT2D eigenvalue weighted by Gasteiger charge is -2.22. The normalized spacial score (nSPS) is 11.7. The van der Waals surface area contributed by atoms with Crippen LogP contribution in [-0.4, -0.2) is 41.4 Å². The molecule has 6 nitrogen and oxygen atoms in total. The second kappa shape index (κ2) is 7.35. The number of guanidine groups is 1. The minimum atomic E-state index is 0.642. The minimum Gasteiger partial charge on any atom is -0.497 e. The maximum atomic E-state index is 5.28. The molecule has 0 spiro atoms. The van der Waals surface area contributed by atoms with Crippen LogP contribution in [0.1, 0.15) is 11.3 Å². The number of ether oxygens (including phenoxy) is 1. The van der Waals surface area contributed by atoms with Crippen molar-refractivity contribution in [2.24, 2.45) is 4.99 Å². The lowest BCUT2D eigenvalue weighted by Crippen LogP contribution is -2.38. The van der Waals surface area contributed by atoms with Crippen molar-refractivity contribution in [1.82, 2.24) is 19.6 Å². The Kier molecular flexibility index (Phi) is 5.00. The average molecular weight is 343 g/mol. The Bertz CT molecular complexity index is 810. The first kappa shape index (κ1) is 16.3. The van der Waals surface area contributed by atoms with Gasteiger partial charge in [-0.25, -0.2) is 4.98 Å². The number of fused-ring (bicyclic) bond motifs is 1. The fourth-order valence-corrected chi connectivity index (χ4v) is 3.25. The number of hydrogen-bond acceptors (Lipinski definition) is 4. The van der Waals surface area contributed by atoms with Crippen molar-refractivity contribution in [1.29, 1.82) is 0 Å². The van der Waals surface area contributed by atoms with Crippen LogP contribution < -0.4 is 10.1 Å². The summed E-state index contributed by atoms with van der Waals surface area (Å²) in [6.45, 7) is 1.39. The van der Waals surface area contributed by atoms with Gasteiger partial charge < -0.3 is 15.0 Å². The molecule has 0 aliphatic carbocycles. The topological polar surface area (TPSA) is 54.2 Å². The Balaban J connectivity index is 1.61. The number of rotatable bonds is 5. The molecular formula is C17H21N5OS. The number of methoxy groups -OCH3 is 1. The van der Waals surface area contributed by atoms with Crippen LogP contribution in [-0.2, 0) is 13.1 Å². The smallest absolute Gasteiger partial charge is 0.194 e. The van der Waals surface area contributed by atoms with Crippen LogP contribution in [0.15, 0.2) is 47.0 Å². The fourth-order valence-electron chi connectivity index (χ4n) is 2.54. The highest BCUT2D eigenvalue weighted by molar-refractivity contribution is 7.15. The van der Waals surface area contributed by atoms with Crippen molar-refractivity contribution in [3.8, 4) is 5.75 Å². The van der Waals surface area contributed by atoms with Gasteiger partial charge in [-0.05, 0) is 17.7 Å². The Hall–Kier alpha value is -2.54. The molecule has 0 saturated carbocycles. The van der Waals surface area contributed by atoms with Crippen LogP contribution in [0.3, 0.4) is 0 Å². The lowest BCUT2D eigenvalue weighted by molar-refractivity contribution is 0.412. The van der Waals surface area contributed by atoms with Gasteiger partial charge in [0.05, 0.1) is 19.3 Å². The number of benzene rings is 1. The molecule has 1 N–H and O–H groups in total. The number of imidazole rings is 1. The zero-order valence-corrected chi connectivity index (χ0v) is 14.9. The highest BCUT2D eigenvalue weighted by atomic mass is 32.1. The van der Waals surface area contributed by atoms with Crippen molar-refractivity contribution >= 4 is 22.3 Å². The fraction of sp³-hybridized carbons (Fsp3) is 0.294. The molecule has 0 aliphatic heterocycles. The molecule has 2 heterocycles. The van der Waals surface area contributed by atoms with Gasteiger partial charge in [0.25, 0.3) is 0 Å². The van der Waals surface area contributed by atoms with Gasteiger partial charge in [-0.1, -0.05) is 12.1 Å². The third kappa shape index (κ3) is 3.68. The molecule has 2 aromatic heterocycles. The summed E-state index contributed by atoms with van der Waals surface area (Å²) in [5.41, 5.74) is 2.17. The summed E-state index contributed by atoms with van der Waals surface area (Å²) in [4.78, 5) is 12.0. The second-order valence-electron chi connectivity index (χ2n) is 5.43. The average Bonchev–Trinajstić information content (AvgIpc) is 3.17. The molecular weight excluding hydrogens is 322 g/mol. The molecule has 0 bridgehead atoms. The molecule has 0 fully saturated rings. The molecule has 0 atom stereocenters. The van der Waals surface area contributed by atoms with Crippen LogP contribution in [0.4, 0.5) is 0 Å². The monoisotopic (exact) mass is 343 g/mol. The van der Waals surface area contributed by atoms with E-state index in [1.807, 2.05) is 47.4 Å². The summed E-state index contributed by atoms with van der Waals surface area (Å²) < 4.78 is 7.31. The number of nitrogens with zero attached hydrogens (tertiary/aromatic N) is 4. The molecule has 0 aliphatic rings. The first-order valence-corrected chi connectivity index (χ1v) is 8.53. The van der Waals surface area contributed by atoms with Gasteiger partial charge in [-0.15, -0.1) is 11.3 Å². The van der Waals surface area contributed by atoms with Crippen LogP contribution >= 0.6 is 11.3 Å². The molecule has 0 radical (unpaired) electrons. The minimum absolute atomic E-state index is 0.642. The predicted molar refractivity (Wildman–Crippen MR) is 97.7 cm³/mol. The first-order chi connectivity index (χ1) is 11.7. The summed E-state index contributed by atoms with van der Waals surface area (Å²) in [5, 5.41) is 5.39. The van der Waals surface area contributed by atoms with E-state index in [1.165, 1.54) is 5.56 Å². The highest BCUT2D eigenvalue weighted by Gasteiger charge is 2.09. The van der Waals surface area contributed by atoms with E-state index in [1.54, 1.807) is 25.5 Å². The first-order valence-electron chi connectivity index (χ1n) is 7.65. The molecule has 7 heteroatoms. The molecule has 0 unspecified atom stereocenters. The van der Waals surface area contributed by atoms with E-state index in [0.717, 1.165) is 28.9 Å². The Labute approximate surface area is 145 Å². The van der Waals surface area contributed by atoms with Gasteiger partial charge in [0.2, 0.25) is 0 Å². The van der Waals surface area contributed by atoms with Gasteiger partial charge in [0.1, 0.15) is 5.75 Å². The largest absolute Gasteiger partial charge is 0.497 e. The van der Waals surface area contributed by atoms with Gasteiger partial charge in [-0.2, -0.15) is 0 Å². The summed E-state index contributed by atoms with van der Waals surface area (Å²) in [7, 11) is 5.48. The number of aromatic nitrogens is 2. The molecule has 126 valence electrons. The zero-order valence-electron chi connectivity index (χ0n) is 14.1. The number of nitrogens with one attached hydrogen (secondary N) is 1. The molecule has 0 saturated heterocycles. The Morgan fingerprint density at radius 2 is 2.33 bits per heavy atom. The van der Waals surface area contributed by atoms with E-state index in [2.05, 4.69) is 26.3 Å². The summed E-state index contributed by atoms with van der Waals surface area (Å²) in [5.74, 6) is 1.69. The summed E-state index contributed by atoms with van der Waals surface area (Å²) in [6, 6.07) is 8.06. The molecule has 3 rings (SSSR count). The SMILES string of the molecule is CN=C(NCc1cn2ccsc2n1)N(C)Cc1cccc(OC)c1. The Morgan fingerprint density at radius 1 is 1.46 bits per heavy atom. The third-order valence-electron chi connectivity index (χ3n) is 3.70. The molecule has 1 aromatic carbocycles. The van der Waals surface area contributed by atoms with Crippen LogP contribution in [0, 0.1) is 0 Å². The maximum Gasteiger partial charge on any atom is 0.194 e. The summed E-state index contributed by atoms with van der Waals surface area (Å²) in [6.07, 6.45) is 4.05. The van der Waals surface area contributed by atoms with Crippen molar-refractivity contribution < 1.29 is 4.74 Å². The van der Waals surface area contributed by atoms with Gasteiger partial charge in [0.15, 0.2) is 10.9 Å². The molecule has 0 amide bonds. The molecule has 3 aromatic rings.